The first kappa shape index (κ1) is 19.2. The van der Waals surface area contributed by atoms with Gasteiger partial charge in [0.25, 0.3) is 0 Å². The summed E-state index contributed by atoms with van der Waals surface area (Å²) in [5.41, 5.74) is 11.8. The molecule has 27 heavy (non-hydrogen) atoms. The second kappa shape index (κ2) is 7.96. The monoisotopic (exact) mass is 359 g/mol. The molecule has 0 amide bonds. The van der Waals surface area contributed by atoms with Gasteiger partial charge in [0.05, 0.1) is 18.5 Å². The summed E-state index contributed by atoms with van der Waals surface area (Å²) in [6, 6.07) is 14.5. The molecule has 0 aromatic heterocycles. The molecule has 1 aliphatic carbocycles. The van der Waals surface area contributed by atoms with Crippen LogP contribution in [0.5, 0.6) is 5.75 Å². The zero-order valence-electron chi connectivity index (χ0n) is 17.3. The Morgan fingerprint density at radius 1 is 0.889 bits per heavy atom. The molecular weight excluding hydrogens is 330 g/mol. The fraction of sp³-hybridized carbons (Fsp3) is 0.320. The van der Waals surface area contributed by atoms with Crippen LogP contribution in [-0.2, 0) is 0 Å². The van der Waals surface area contributed by atoms with Crippen LogP contribution in [0.25, 0.3) is 0 Å². The van der Waals surface area contributed by atoms with Gasteiger partial charge in [0, 0.05) is 12.0 Å². The lowest BCUT2D eigenvalue weighted by atomic mass is 9.92. The highest BCUT2D eigenvalue weighted by molar-refractivity contribution is 6.05. The minimum Gasteiger partial charge on any atom is -0.497 e. The molecule has 2 heteroatoms. The van der Waals surface area contributed by atoms with Crippen molar-refractivity contribution in [2.75, 3.05) is 7.11 Å². The first-order valence-electron chi connectivity index (χ1n) is 9.54. The third-order valence-electron chi connectivity index (χ3n) is 5.70. The van der Waals surface area contributed by atoms with E-state index >= 15 is 0 Å². The molecule has 2 aromatic rings. The molecule has 2 nitrogen and oxygen atoms in total. The first-order chi connectivity index (χ1) is 12.9. The van der Waals surface area contributed by atoms with Crippen molar-refractivity contribution in [3.05, 3.63) is 81.4 Å². The zero-order chi connectivity index (χ0) is 19.6. The predicted octanol–water partition coefficient (Wildman–Crippen LogP) is 6.88. The Bertz CT molecular complexity index is 923. The highest BCUT2D eigenvalue weighted by Crippen LogP contribution is 2.35. The van der Waals surface area contributed by atoms with Crippen LogP contribution in [-0.4, -0.2) is 12.8 Å². The Labute approximate surface area is 163 Å². The molecule has 2 aromatic carbocycles. The van der Waals surface area contributed by atoms with Crippen LogP contribution in [0, 0.1) is 13.8 Å². The molecular formula is C25H29NO. The molecule has 0 N–H and O–H groups in total. The van der Waals surface area contributed by atoms with Crippen molar-refractivity contribution in [1.29, 1.82) is 0 Å². The fourth-order valence-electron chi connectivity index (χ4n) is 3.83. The zero-order valence-corrected chi connectivity index (χ0v) is 17.3. The summed E-state index contributed by atoms with van der Waals surface area (Å²) in [6.07, 6.45) is 1.95. The van der Waals surface area contributed by atoms with Crippen LogP contribution in [0.4, 0.5) is 5.69 Å². The minimum absolute atomic E-state index is 0.854. The molecule has 0 unspecified atom stereocenters. The number of ether oxygens (including phenoxy) is 1. The Morgan fingerprint density at radius 3 is 2.04 bits per heavy atom. The molecule has 140 valence electrons. The number of hydrogen-bond donors (Lipinski definition) is 0. The van der Waals surface area contributed by atoms with Gasteiger partial charge in [0.15, 0.2) is 0 Å². The van der Waals surface area contributed by atoms with E-state index in [0.717, 1.165) is 30.0 Å². The summed E-state index contributed by atoms with van der Waals surface area (Å²) in [5.74, 6) is 0.854. The van der Waals surface area contributed by atoms with Crippen LogP contribution in [0.3, 0.4) is 0 Å². The van der Waals surface area contributed by atoms with Gasteiger partial charge in [-0.2, -0.15) is 0 Å². The average molecular weight is 360 g/mol. The van der Waals surface area contributed by atoms with E-state index in [-0.39, 0.29) is 0 Å². The van der Waals surface area contributed by atoms with Crippen molar-refractivity contribution in [2.45, 2.75) is 47.5 Å². The van der Waals surface area contributed by atoms with E-state index in [1.165, 1.54) is 39.0 Å². The SMILES string of the molecule is COc1ccc(/N=C(/CC2=C(C)C(C)=C(C)C2)c2c(C)cccc2C)cc1. The molecule has 0 saturated carbocycles. The van der Waals surface area contributed by atoms with Crippen LogP contribution < -0.4 is 4.74 Å². The summed E-state index contributed by atoms with van der Waals surface area (Å²) in [7, 11) is 1.69. The number of aliphatic imine (C=N–C) groups is 1. The van der Waals surface area contributed by atoms with E-state index in [9.17, 15) is 0 Å². The number of benzene rings is 2. The highest BCUT2D eigenvalue weighted by Gasteiger charge is 2.19. The average Bonchev–Trinajstić information content (AvgIpc) is 2.89. The number of rotatable bonds is 5. The van der Waals surface area contributed by atoms with Gasteiger partial charge in [0.2, 0.25) is 0 Å². The summed E-state index contributed by atoms with van der Waals surface area (Å²) in [6.45, 7) is 11.1. The summed E-state index contributed by atoms with van der Waals surface area (Å²) < 4.78 is 5.28. The van der Waals surface area contributed by atoms with Crippen LogP contribution in [0.15, 0.2) is 69.7 Å². The van der Waals surface area contributed by atoms with E-state index in [1.54, 1.807) is 7.11 Å². The second-order valence-corrected chi connectivity index (χ2v) is 7.51. The number of nitrogens with zero attached hydrogens (tertiary/aromatic N) is 1. The summed E-state index contributed by atoms with van der Waals surface area (Å²) in [5, 5.41) is 0. The van der Waals surface area contributed by atoms with Gasteiger partial charge >= 0.3 is 0 Å². The molecule has 0 bridgehead atoms. The second-order valence-electron chi connectivity index (χ2n) is 7.51. The Hall–Kier alpha value is -2.61. The predicted molar refractivity (Wildman–Crippen MR) is 115 cm³/mol. The molecule has 0 radical (unpaired) electrons. The smallest absolute Gasteiger partial charge is 0.119 e. The van der Waals surface area contributed by atoms with E-state index in [1.807, 2.05) is 24.3 Å². The lowest BCUT2D eigenvalue weighted by Crippen LogP contribution is -2.08. The maximum atomic E-state index is 5.28. The van der Waals surface area contributed by atoms with Crippen molar-refractivity contribution < 1.29 is 4.74 Å². The Kier molecular flexibility index (Phi) is 5.65. The lowest BCUT2D eigenvalue weighted by Gasteiger charge is -2.15. The van der Waals surface area contributed by atoms with Gasteiger partial charge < -0.3 is 4.74 Å². The van der Waals surface area contributed by atoms with E-state index in [2.05, 4.69) is 52.8 Å². The molecule has 0 heterocycles. The van der Waals surface area contributed by atoms with Gasteiger partial charge in [-0.1, -0.05) is 29.3 Å². The lowest BCUT2D eigenvalue weighted by molar-refractivity contribution is 0.415. The van der Waals surface area contributed by atoms with E-state index < -0.39 is 0 Å². The number of hydrogen-bond acceptors (Lipinski definition) is 2. The van der Waals surface area contributed by atoms with Gasteiger partial charge in [-0.05, 0) is 87.6 Å². The molecule has 0 fully saturated rings. The van der Waals surface area contributed by atoms with Gasteiger partial charge in [-0.15, -0.1) is 0 Å². The van der Waals surface area contributed by atoms with Crippen molar-refractivity contribution in [3.8, 4) is 5.75 Å². The van der Waals surface area contributed by atoms with Crippen molar-refractivity contribution in [1.82, 2.24) is 0 Å². The van der Waals surface area contributed by atoms with Crippen molar-refractivity contribution in [2.24, 2.45) is 4.99 Å². The van der Waals surface area contributed by atoms with E-state index in [0.29, 0.717) is 0 Å². The van der Waals surface area contributed by atoms with E-state index in [4.69, 9.17) is 9.73 Å². The minimum atomic E-state index is 0.854. The number of aryl methyl sites for hydroxylation is 2. The number of allylic oxidation sites excluding steroid dienone is 4. The molecule has 0 spiro atoms. The van der Waals surface area contributed by atoms with Gasteiger partial charge in [0.1, 0.15) is 5.75 Å². The van der Waals surface area contributed by atoms with Gasteiger partial charge in [-0.3, -0.25) is 4.99 Å². The van der Waals surface area contributed by atoms with Crippen LogP contribution >= 0.6 is 0 Å². The van der Waals surface area contributed by atoms with Gasteiger partial charge in [-0.25, -0.2) is 0 Å². The standard InChI is InChI=1S/C25H29NO/c1-16-8-7-9-17(2)25(16)24(15-21-14-18(3)19(4)20(21)5)26-22-10-12-23(27-6)13-11-22/h7-13H,14-15H2,1-6H3/b26-24-. The molecule has 0 aliphatic heterocycles. The molecule has 3 rings (SSSR count). The molecule has 0 saturated heterocycles. The largest absolute Gasteiger partial charge is 0.497 e. The maximum absolute atomic E-state index is 5.28. The maximum Gasteiger partial charge on any atom is 0.119 e. The van der Waals surface area contributed by atoms with Crippen LogP contribution in [0.2, 0.25) is 0 Å². The highest BCUT2D eigenvalue weighted by atomic mass is 16.5. The Morgan fingerprint density at radius 2 is 1.52 bits per heavy atom. The summed E-state index contributed by atoms with van der Waals surface area (Å²) in [4.78, 5) is 5.08. The van der Waals surface area contributed by atoms with Crippen molar-refractivity contribution >= 4 is 11.4 Å². The number of methoxy groups -OCH3 is 1. The third kappa shape index (κ3) is 4.05. The first-order valence-corrected chi connectivity index (χ1v) is 9.54. The van der Waals surface area contributed by atoms with Crippen LogP contribution in [0.1, 0.15) is 50.3 Å². The third-order valence-corrected chi connectivity index (χ3v) is 5.70. The molecule has 0 atom stereocenters. The topological polar surface area (TPSA) is 21.6 Å². The normalized spacial score (nSPS) is 15.0. The van der Waals surface area contributed by atoms with Crippen molar-refractivity contribution in [3.63, 3.8) is 0 Å². The quantitative estimate of drug-likeness (QED) is 0.533. The Balaban J connectivity index is 2.06. The summed E-state index contributed by atoms with van der Waals surface area (Å²) >= 11 is 0. The fourth-order valence-corrected chi connectivity index (χ4v) is 3.83. The molecule has 1 aliphatic rings.